The van der Waals surface area contributed by atoms with E-state index in [4.69, 9.17) is 0 Å². The van der Waals surface area contributed by atoms with Crippen LogP contribution >= 0.6 is 23.1 Å². The van der Waals surface area contributed by atoms with Crippen molar-refractivity contribution in [2.75, 3.05) is 11.1 Å². The van der Waals surface area contributed by atoms with Crippen LogP contribution in [0.25, 0.3) is 10.6 Å². The highest BCUT2D eigenvalue weighted by Gasteiger charge is 2.36. The lowest BCUT2D eigenvalue weighted by Gasteiger charge is -2.15. The molecule has 0 saturated carbocycles. The predicted molar refractivity (Wildman–Crippen MR) is 108 cm³/mol. The summed E-state index contributed by atoms with van der Waals surface area (Å²) in [7, 11) is 0. The number of halogens is 6. The SMILES string of the molecule is N#Cc1c(C(F)(F)F)cc(-c2cccs2)nc1SCC(=O)Nc1ccccc1C(F)(F)F. The van der Waals surface area contributed by atoms with Gasteiger partial charge in [0.1, 0.15) is 11.1 Å². The Morgan fingerprint density at radius 1 is 1.06 bits per heavy atom. The van der Waals surface area contributed by atoms with Crippen molar-refractivity contribution in [1.29, 1.82) is 5.26 Å². The van der Waals surface area contributed by atoms with Gasteiger partial charge in [-0.25, -0.2) is 4.98 Å². The Kier molecular flexibility index (Phi) is 6.80. The van der Waals surface area contributed by atoms with Crippen molar-refractivity contribution in [2.24, 2.45) is 0 Å². The van der Waals surface area contributed by atoms with E-state index < -0.39 is 46.4 Å². The van der Waals surface area contributed by atoms with E-state index in [1.54, 1.807) is 17.5 Å². The number of carbonyl (C=O) groups excluding carboxylic acids is 1. The molecule has 1 amide bonds. The number of para-hydroxylation sites is 1. The minimum Gasteiger partial charge on any atom is -0.325 e. The van der Waals surface area contributed by atoms with Crippen LogP contribution in [0.5, 0.6) is 0 Å². The summed E-state index contributed by atoms with van der Waals surface area (Å²) in [4.78, 5) is 16.7. The number of hydrogen-bond donors (Lipinski definition) is 1. The summed E-state index contributed by atoms with van der Waals surface area (Å²) >= 11 is 1.67. The number of nitrogens with one attached hydrogen (secondary N) is 1. The number of carbonyl (C=O) groups is 1. The van der Waals surface area contributed by atoms with E-state index in [9.17, 15) is 36.4 Å². The molecule has 0 aliphatic carbocycles. The molecule has 0 radical (unpaired) electrons. The number of nitrogens with zero attached hydrogens (tertiary/aromatic N) is 2. The zero-order valence-electron chi connectivity index (χ0n) is 15.7. The van der Waals surface area contributed by atoms with Crippen molar-refractivity contribution in [3.63, 3.8) is 0 Å². The summed E-state index contributed by atoms with van der Waals surface area (Å²) in [6.07, 6.45) is -9.55. The number of rotatable bonds is 5. The van der Waals surface area contributed by atoms with Crippen LogP contribution in [0.3, 0.4) is 0 Å². The van der Waals surface area contributed by atoms with E-state index in [-0.39, 0.29) is 10.7 Å². The van der Waals surface area contributed by atoms with Crippen molar-refractivity contribution < 1.29 is 31.1 Å². The first kappa shape index (κ1) is 23.6. The van der Waals surface area contributed by atoms with Gasteiger partial charge in [-0.2, -0.15) is 31.6 Å². The van der Waals surface area contributed by atoms with Gasteiger partial charge in [0.25, 0.3) is 0 Å². The second-order valence-electron chi connectivity index (χ2n) is 6.20. The number of benzene rings is 1. The van der Waals surface area contributed by atoms with E-state index in [0.717, 1.165) is 35.6 Å². The molecule has 1 N–H and O–H groups in total. The minimum atomic E-state index is -4.84. The van der Waals surface area contributed by atoms with Crippen LogP contribution in [0.4, 0.5) is 32.0 Å². The van der Waals surface area contributed by atoms with Crippen LogP contribution in [-0.4, -0.2) is 16.6 Å². The maximum Gasteiger partial charge on any atom is 0.418 e. The summed E-state index contributed by atoms with van der Waals surface area (Å²) in [5.74, 6) is -1.45. The number of anilines is 1. The number of thioether (sulfide) groups is 1. The number of aromatic nitrogens is 1. The first-order chi connectivity index (χ1) is 15.0. The molecule has 12 heteroatoms. The third-order valence-electron chi connectivity index (χ3n) is 4.02. The fourth-order valence-corrected chi connectivity index (χ4v) is 4.16. The Hall–Kier alpha value is -3.04. The molecule has 2 heterocycles. The Morgan fingerprint density at radius 3 is 2.34 bits per heavy atom. The number of thiophene rings is 1. The molecular weight excluding hydrogens is 476 g/mol. The van der Waals surface area contributed by atoms with E-state index in [1.165, 1.54) is 12.1 Å². The number of pyridine rings is 1. The van der Waals surface area contributed by atoms with Crippen LogP contribution in [0.15, 0.2) is 52.9 Å². The quantitative estimate of drug-likeness (QED) is 0.332. The van der Waals surface area contributed by atoms with E-state index in [2.05, 4.69) is 10.3 Å². The second kappa shape index (κ2) is 9.22. The number of amides is 1. The van der Waals surface area contributed by atoms with Gasteiger partial charge in [0.05, 0.1) is 38.7 Å². The number of alkyl halides is 6. The Bertz CT molecular complexity index is 1170. The van der Waals surface area contributed by atoms with Crippen molar-refractivity contribution in [3.05, 3.63) is 64.5 Å². The van der Waals surface area contributed by atoms with Gasteiger partial charge in [0, 0.05) is 0 Å². The lowest BCUT2D eigenvalue weighted by atomic mass is 10.1. The molecule has 1 aromatic carbocycles. The highest BCUT2D eigenvalue weighted by molar-refractivity contribution is 8.00. The highest BCUT2D eigenvalue weighted by Crippen LogP contribution is 2.39. The van der Waals surface area contributed by atoms with Gasteiger partial charge < -0.3 is 5.32 Å². The first-order valence-electron chi connectivity index (χ1n) is 8.66. The molecule has 0 aliphatic rings. The van der Waals surface area contributed by atoms with Crippen molar-refractivity contribution in [1.82, 2.24) is 4.98 Å². The van der Waals surface area contributed by atoms with Gasteiger partial charge in [-0.3, -0.25) is 4.79 Å². The fourth-order valence-electron chi connectivity index (χ4n) is 2.67. The van der Waals surface area contributed by atoms with Crippen molar-refractivity contribution in [2.45, 2.75) is 17.4 Å². The Balaban J connectivity index is 1.89. The lowest BCUT2D eigenvalue weighted by Crippen LogP contribution is -2.18. The monoisotopic (exact) mass is 487 g/mol. The number of hydrogen-bond acceptors (Lipinski definition) is 5. The lowest BCUT2D eigenvalue weighted by molar-refractivity contribution is -0.138. The van der Waals surface area contributed by atoms with Crippen LogP contribution in [0.2, 0.25) is 0 Å². The molecule has 0 saturated heterocycles. The minimum absolute atomic E-state index is 0.0309. The van der Waals surface area contributed by atoms with Gasteiger partial charge >= 0.3 is 12.4 Å². The van der Waals surface area contributed by atoms with Crippen LogP contribution in [0, 0.1) is 11.3 Å². The van der Waals surface area contributed by atoms with Gasteiger partial charge in [0.2, 0.25) is 5.91 Å². The summed E-state index contributed by atoms with van der Waals surface area (Å²) in [6.45, 7) is 0. The molecule has 0 spiro atoms. The summed E-state index contributed by atoms with van der Waals surface area (Å²) < 4.78 is 79.8. The topological polar surface area (TPSA) is 65.8 Å². The standard InChI is InChI=1S/C20H11F6N3OS2/c21-19(22,23)12-4-1-2-5-14(12)28-17(30)10-32-18-11(9-27)13(20(24,25)26)8-15(29-18)16-6-3-7-31-16/h1-8H,10H2,(H,28,30). The fraction of sp³-hybridized carbons (Fsp3) is 0.150. The van der Waals surface area contributed by atoms with Crippen LogP contribution < -0.4 is 5.32 Å². The average Bonchev–Trinajstić information content (AvgIpc) is 3.25. The molecule has 3 aromatic rings. The Morgan fingerprint density at radius 2 is 1.75 bits per heavy atom. The third-order valence-corrected chi connectivity index (χ3v) is 5.89. The maximum atomic E-state index is 13.5. The normalized spacial score (nSPS) is 11.8. The van der Waals surface area contributed by atoms with E-state index in [1.807, 2.05) is 0 Å². The molecule has 0 atom stereocenters. The molecule has 2 aromatic heterocycles. The Labute approximate surface area is 185 Å². The molecule has 166 valence electrons. The summed E-state index contributed by atoms with van der Waals surface area (Å²) in [5.41, 5.74) is -3.54. The van der Waals surface area contributed by atoms with E-state index in [0.29, 0.717) is 16.6 Å². The average molecular weight is 487 g/mol. The predicted octanol–water partition coefficient (Wildman–Crippen LogP) is 6.45. The molecule has 4 nitrogen and oxygen atoms in total. The highest BCUT2D eigenvalue weighted by atomic mass is 32.2. The molecule has 32 heavy (non-hydrogen) atoms. The van der Waals surface area contributed by atoms with E-state index >= 15 is 0 Å². The molecular formula is C20H11F6N3OS2. The zero-order valence-corrected chi connectivity index (χ0v) is 17.3. The zero-order chi connectivity index (χ0) is 23.5. The van der Waals surface area contributed by atoms with Gasteiger partial charge in [-0.1, -0.05) is 30.0 Å². The molecule has 0 fully saturated rings. The van der Waals surface area contributed by atoms with Crippen LogP contribution in [-0.2, 0) is 17.1 Å². The first-order valence-corrected chi connectivity index (χ1v) is 10.5. The summed E-state index contributed by atoms with van der Waals surface area (Å²) in [5, 5.41) is 12.7. The van der Waals surface area contributed by atoms with Gasteiger partial charge in [0.15, 0.2) is 0 Å². The van der Waals surface area contributed by atoms with Crippen LogP contribution in [0.1, 0.15) is 16.7 Å². The van der Waals surface area contributed by atoms with Gasteiger partial charge in [-0.05, 0) is 29.6 Å². The molecule has 0 bridgehead atoms. The molecule has 3 rings (SSSR count). The van der Waals surface area contributed by atoms with Crippen molar-refractivity contribution in [3.8, 4) is 16.6 Å². The molecule has 0 unspecified atom stereocenters. The summed E-state index contributed by atoms with van der Waals surface area (Å²) in [6, 6.07) is 9.70. The smallest absolute Gasteiger partial charge is 0.325 e. The maximum absolute atomic E-state index is 13.5. The largest absolute Gasteiger partial charge is 0.418 e. The van der Waals surface area contributed by atoms with Crippen molar-refractivity contribution >= 4 is 34.7 Å². The number of nitriles is 1. The second-order valence-corrected chi connectivity index (χ2v) is 8.11. The van der Waals surface area contributed by atoms with Gasteiger partial charge in [-0.15, -0.1) is 11.3 Å². The third kappa shape index (κ3) is 5.41. The molecule has 0 aliphatic heterocycles.